The zero-order valence-electron chi connectivity index (χ0n) is 12.3. The third-order valence-electron chi connectivity index (χ3n) is 3.54. The van der Waals surface area contributed by atoms with E-state index >= 15 is 0 Å². The first-order chi connectivity index (χ1) is 11.1. The number of halogens is 1. The molecule has 23 heavy (non-hydrogen) atoms. The summed E-state index contributed by atoms with van der Waals surface area (Å²) >= 11 is 6.13. The van der Waals surface area contributed by atoms with Gasteiger partial charge in [0.05, 0.1) is 23.7 Å². The summed E-state index contributed by atoms with van der Waals surface area (Å²) in [4.78, 5) is 12.2. The predicted octanol–water partition coefficient (Wildman–Crippen LogP) is 1.37. The van der Waals surface area contributed by atoms with Gasteiger partial charge in [-0.2, -0.15) is 0 Å². The SMILES string of the molecule is O=C(NCCOc1ccccc1)c1cc2c(cc1Cl)COB2O. The maximum atomic E-state index is 12.2. The van der Waals surface area contributed by atoms with Crippen molar-refractivity contribution in [2.24, 2.45) is 0 Å². The summed E-state index contributed by atoms with van der Waals surface area (Å²) in [6, 6.07) is 12.6. The van der Waals surface area contributed by atoms with Gasteiger partial charge in [-0.1, -0.05) is 29.8 Å². The Bertz CT molecular complexity index is 711. The topological polar surface area (TPSA) is 67.8 Å². The molecule has 2 N–H and O–H groups in total. The normalized spacial score (nSPS) is 12.9. The quantitative estimate of drug-likeness (QED) is 0.641. The molecule has 0 saturated carbocycles. The number of hydrogen-bond acceptors (Lipinski definition) is 4. The molecule has 3 rings (SSSR count). The molecule has 1 amide bonds. The zero-order valence-corrected chi connectivity index (χ0v) is 13.0. The van der Waals surface area contributed by atoms with Crippen molar-refractivity contribution in [3.63, 3.8) is 0 Å². The Labute approximate surface area is 139 Å². The first-order valence-corrected chi connectivity index (χ1v) is 7.61. The highest BCUT2D eigenvalue weighted by Gasteiger charge is 2.29. The minimum Gasteiger partial charge on any atom is -0.492 e. The number of fused-ring (bicyclic) bond motifs is 1. The second-order valence-electron chi connectivity index (χ2n) is 5.11. The summed E-state index contributed by atoms with van der Waals surface area (Å²) < 4.78 is 10.6. The van der Waals surface area contributed by atoms with Crippen LogP contribution in [0, 0.1) is 0 Å². The van der Waals surface area contributed by atoms with E-state index in [1.54, 1.807) is 12.1 Å². The van der Waals surface area contributed by atoms with Gasteiger partial charge in [-0.15, -0.1) is 0 Å². The minimum absolute atomic E-state index is 0.295. The predicted molar refractivity (Wildman–Crippen MR) is 88.1 cm³/mol. The van der Waals surface area contributed by atoms with Crippen molar-refractivity contribution >= 4 is 30.1 Å². The fourth-order valence-electron chi connectivity index (χ4n) is 2.36. The molecule has 0 fully saturated rings. The van der Waals surface area contributed by atoms with E-state index in [1.165, 1.54) is 0 Å². The Morgan fingerprint density at radius 3 is 2.91 bits per heavy atom. The van der Waals surface area contributed by atoms with Crippen LogP contribution in [0.1, 0.15) is 15.9 Å². The lowest BCUT2D eigenvalue weighted by Crippen LogP contribution is -2.32. The number of rotatable bonds is 5. The highest BCUT2D eigenvalue weighted by Crippen LogP contribution is 2.20. The highest BCUT2D eigenvalue weighted by atomic mass is 35.5. The lowest BCUT2D eigenvalue weighted by Gasteiger charge is -2.10. The van der Waals surface area contributed by atoms with Crippen LogP contribution in [0.3, 0.4) is 0 Å². The smallest absolute Gasteiger partial charge is 0.491 e. The summed E-state index contributed by atoms with van der Waals surface area (Å²) in [7, 11) is -1.00. The van der Waals surface area contributed by atoms with Crippen molar-refractivity contribution in [3.8, 4) is 5.75 Å². The van der Waals surface area contributed by atoms with Crippen LogP contribution >= 0.6 is 11.6 Å². The Balaban J connectivity index is 1.57. The van der Waals surface area contributed by atoms with Gasteiger partial charge in [0.15, 0.2) is 0 Å². The molecule has 2 aromatic carbocycles. The minimum atomic E-state index is -1.00. The van der Waals surface area contributed by atoms with E-state index in [0.717, 1.165) is 11.3 Å². The Hall–Kier alpha value is -2.02. The molecule has 0 aliphatic carbocycles. The lowest BCUT2D eigenvalue weighted by atomic mass is 9.78. The van der Waals surface area contributed by atoms with Crippen LogP contribution in [0.15, 0.2) is 42.5 Å². The van der Waals surface area contributed by atoms with Gasteiger partial charge in [-0.3, -0.25) is 4.79 Å². The van der Waals surface area contributed by atoms with E-state index in [2.05, 4.69) is 5.32 Å². The van der Waals surface area contributed by atoms with E-state index < -0.39 is 7.12 Å². The van der Waals surface area contributed by atoms with Gasteiger partial charge < -0.3 is 19.7 Å². The fraction of sp³-hybridized carbons (Fsp3) is 0.188. The molecule has 1 aliphatic rings. The monoisotopic (exact) mass is 331 g/mol. The molecule has 0 saturated heterocycles. The molecule has 0 aromatic heterocycles. The maximum Gasteiger partial charge on any atom is 0.491 e. The molecule has 7 heteroatoms. The van der Waals surface area contributed by atoms with Gasteiger partial charge in [0, 0.05) is 0 Å². The van der Waals surface area contributed by atoms with Crippen LogP contribution < -0.4 is 15.5 Å². The van der Waals surface area contributed by atoms with Crippen LogP contribution in [0.5, 0.6) is 5.75 Å². The molecule has 118 valence electrons. The van der Waals surface area contributed by atoms with Crippen LogP contribution in [0.2, 0.25) is 5.02 Å². The molecule has 5 nitrogen and oxygen atoms in total. The summed E-state index contributed by atoms with van der Waals surface area (Å²) in [5.74, 6) is 0.436. The Kier molecular flexibility index (Phi) is 4.86. The summed E-state index contributed by atoms with van der Waals surface area (Å²) in [5, 5.41) is 12.8. The number of amides is 1. The van der Waals surface area contributed by atoms with E-state index in [9.17, 15) is 9.82 Å². The molecule has 0 radical (unpaired) electrons. The second kappa shape index (κ2) is 7.04. The van der Waals surface area contributed by atoms with Crippen molar-refractivity contribution in [2.45, 2.75) is 6.61 Å². The fourth-order valence-corrected chi connectivity index (χ4v) is 2.64. The average Bonchev–Trinajstić information content (AvgIpc) is 2.92. The molecular formula is C16H15BClNO4. The summed E-state index contributed by atoms with van der Waals surface area (Å²) in [5.41, 5.74) is 1.70. The number of hydrogen-bond donors (Lipinski definition) is 2. The van der Waals surface area contributed by atoms with Crippen LogP contribution in [-0.2, 0) is 11.3 Å². The number of benzene rings is 2. The van der Waals surface area contributed by atoms with Crippen LogP contribution in [0.4, 0.5) is 0 Å². The van der Waals surface area contributed by atoms with Gasteiger partial charge in [-0.25, -0.2) is 0 Å². The van der Waals surface area contributed by atoms with Gasteiger partial charge in [0.25, 0.3) is 5.91 Å². The van der Waals surface area contributed by atoms with Crippen molar-refractivity contribution < 1.29 is 19.2 Å². The molecule has 0 atom stereocenters. The van der Waals surface area contributed by atoms with Gasteiger partial charge in [0.2, 0.25) is 0 Å². The van der Waals surface area contributed by atoms with E-state index in [1.807, 2.05) is 30.3 Å². The summed E-state index contributed by atoms with van der Waals surface area (Å²) in [6.07, 6.45) is 0. The van der Waals surface area contributed by atoms with Crippen LogP contribution in [-0.4, -0.2) is 31.2 Å². The first-order valence-electron chi connectivity index (χ1n) is 7.23. The maximum absolute atomic E-state index is 12.2. The van der Waals surface area contributed by atoms with Gasteiger partial charge >= 0.3 is 7.12 Å². The number of ether oxygens (including phenoxy) is 1. The van der Waals surface area contributed by atoms with Crippen molar-refractivity contribution in [1.29, 1.82) is 0 Å². The van der Waals surface area contributed by atoms with E-state index in [0.29, 0.717) is 35.8 Å². The van der Waals surface area contributed by atoms with Gasteiger partial charge in [0.1, 0.15) is 12.4 Å². The number of carbonyl (C=O) groups excluding carboxylic acids is 1. The van der Waals surface area contributed by atoms with Crippen molar-refractivity contribution in [1.82, 2.24) is 5.32 Å². The number of carbonyl (C=O) groups is 1. The third kappa shape index (κ3) is 3.67. The largest absolute Gasteiger partial charge is 0.492 e. The van der Waals surface area contributed by atoms with Gasteiger partial charge in [-0.05, 0) is 35.3 Å². The first kappa shape index (κ1) is 15.9. The van der Waals surface area contributed by atoms with Crippen molar-refractivity contribution in [2.75, 3.05) is 13.2 Å². The third-order valence-corrected chi connectivity index (χ3v) is 3.85. The second-order valence-corrected chi connectivity index (χ2v) is 5.52. The van der Waals surface area contributed by atoms with E-state index in [4.69, 9.17) is 21.0 Å². The van der Waals surface area contributed by atoms with E-state index in [-0.39, 0.29) is 5.91 Å². The molecule has 1 heterocycles. The molecular weight excluding hydrogens is 316 g/mol. The summed E-state index contributed by atoms with van der Waals surface area (Å²) in [6.45, 7) is 0.993. The molecule has 0 unspecified atom stereocenters. The van der Waals surface area contributed by atoms with Crippen molar-refractivity contribution in [3.05, 3.63) is 58.6 Å². The number of para-hydroxylation sites is 1. The molecule has 1 aliphatic heterocycles. The zero-order chi connectivity index (χ0) is 16.2. The Morgan fingerprint density at radius 2 is 2.13 bits per heavy atom. The lowest BCUT2D eigenvalue weighted by molar-refractivity contribution is 0.0947. The Morgan fingerprint density at radius 1 is 1.35 bits per heavy atom. The van der Waals surface area contributed by atoms with Crippen LogP contribution in [0.25, 0.3) is 0 Å². The molecule has 2 aromatic rings. The standard InChI is InChI=1S/C16H15BClNO4/c18-15-8-11-10-23-17(21)14(11)9-13(15)16(20)19-6-7-22-12-4-2-1-3-5-12/h1-5,8-9,21H,6-7,10H2,(H,19,20). The molecule has 0 bridgehead atoms. The highest BCUT2D eigenvalue weighted by molar-refractivity contribution is 6.61. The molecule has 0 spiro atoms. The number of nitrogens with one attached hydrogen (secondary N) is 1. The average molecular weight is 332 g/mol.